The fraction of sp³-hybridized carbons (Fsp3) is 0.909. The molecule has 6 heteroatoms. The molecule has 1 aliphatic carbocycles. The predicted octanol–water partition coefficient (Wildman–Crippen LogP) is 0.0679. The number of hydrogen-bond donors (Lipinski definition) is 2. The van der Waals surface area contributed by atoms with Gasteiger partial charge in [0.25, 0.3) is 0 Å². The van der Waals surface area contributed by atoms with Gasteiger partial charge in [0.1, 0.15) is 5.75 Å². The molecule has 0 saturated heterocycles. The first-order valence-electron chi connectivity index (χ1n) is 6.16. The highest BCUT2D eigenvalue weighted by molar-refractivity contribution is 7.92. The molecule has 5 nitrogen and oxygen atoms in total. The monoisotopic (exact) mass is 262 g/mol. The molecule has 0 aromatic carbocycles. The highest BCUT2D eigenvalue weighted by Crippen LogP contribution is 2.25. The smallest absolute Gasteiger partial charge is 0.235 e. The van der Waals surface area contributed by atoms with Crippen molar-refractivity contribution in [1.29, 1.82) is 0 Å². The summed E-state index contributed by atoms with van der Waals surface area (Å²) in [6.07, 6.45) is 3.26. The second kappa shape index (κ2) is 6.35. The van der Waals surface area contributed by atoms with E-state index < -0.39 is 15.1 Å². The zero-order chi connectivity index (χ0) is 12.9. The van der Waals surface area contributed by atoms with Gasteiger partial charge in [-0.25, -0.2) is 8.42 Å². The summed E-state index contributed by atoms with van der Waals surface area (Å²) in [4.78, 5) is 11.5. The molecular formula is C11H22N2O3S. The van der Waals surface area contributed by atoms with Crippen LogP contribution >= 0.6 is 0 Å². The predicted molar refractivity (Wildman–Crippen MR) is 67.6 cm³/mol. The summed E-state index contributed by atoms with van der Waals surface area (Å²) in [7, 11) is -1.55. The van der Waals surface area contributed by atoms with Crippen molar-refractivity contribution in [3.8, 4) is 0 Å². The van der Waals surface area contributed by atoms with Crippen molar-refractivity contribution >= 4 is 15.7 Å². The van der Waals surface area contributed by atoms with E-state index >= 15 is 0 Å². The Bertz CT molecular complexity index is 354. The molecule has 0 heterocycles. The lowest BCUT2D eigenvalue weighted by Gasteiger charge is -2.19. The summed E-state index contributed by atoms with van der Waals surface area (Å²) >= 11 is 0. The molecule has 1 amide bonds. The number of amides is 1. The minimum atomic E-state index is -3.33. The van der Waals surface area contributed by atoms with E-state index in [1.807, 2.05) is 6.92 Å². The van der Waals surface area contributed by atoms with Gasteiger partial charge in [-0.1, -0.05) is 13.3 Å². The maximum absolute atomic E-state index is 12.1. The van der Waals surface area contributed by atoms with Crippen molar-refractivity contribution in [2.24, 2.45) is 0 Å². The Balaban J connectivity index is 2.58. The van der Waals surface area contributed by atoms with E-state index in [9.17, 15) is 13.2 Å². The molecule has 2 N–H and O–H groups in total. The van der Waals surface area contributed by atoms with Crippen molar-refractivity contribution in [2.45, 2.75) is 43.9 Å². The molecule has 1 saturated carbocycles. The Morgan fingerprint density at radius 1 is 1.35 bits per heavy atom. The van der Waals surface area contributed by atoms with Crippen LogP contribution in [0.15, 0.2) is 0 Å². The van der Waals surface area contributed by atoms with Crippen molar-refractivity contribution in [1.82, 2.24) is 10.6 Å². The number of hydrogen-bond acceptors (Lipinski definition) is 4. The van der Waals surface area contributed by atoms with Crippen LogP contribution in [0.4, 0.5) is 0 Å². The van der Waals surface area contributed by atoms with Gasteiger partial charge in [-0.2, -0.15) is 0 Å². The minimum Gasteiger partial charge on any atom is -0.355 e. The molecule has 0 spiro atoms. The van der Waals surface area contributed by atoms with E-state index in [0.29, 0.717) is 13.0 Å². The summed E-state index contributed by atoms with van der Waals surface area (Å²) in [5, 5.41) is 5.23. The Morgan fingerprint density at radius 2 is 2.06 bits per heavy atom. The summed E-state index contributed by atoms with van der Waals surface area (Å²) in [5.41, 5.74) is 0. The molecule has 1 aliphatic rings. The van der Waals surface area contributed by atoms with Gasteiger partial charge in [-0.05, 0) is 26.3 Å². The van der Waals surface area contributed by atoms with Crippen molar-refractivity contribution in [2.75, 3.05) is 19.3 Å². The fourth-order valence-corrected chi connectivity index (χ4v) is 4.27. The molecule has 1 fully saturated rings. The van der Waals surface area contributed by atoms with Crippen molar-refractivity contribution in [3.63, 3.8) is 0 Å². The molecule has 2 unspecified atom stereocenters. The lowest BCUT2D eigenvalue weighted by atomic mass is 10.2. The molecule has 2 atom stereocenters. The van der Waals surface area contributed by atoms with Crippen molar-refractivity contribution in [3.05, 3.63) is 0 Å². The highest BCUT2D eigenvalue weighted by atomic mass is 32.2. The molecule has 0 aromatic heterocycles. The second-order valence-corrected chi connectivity index (χ2v) is 6.74. The largest absolute Gasteiger partial charge is 0.355 e. The van der Waals surface area contributed by atoms with Gasteiger partial charge < -0.3 is 10.6 Å². The lowest BCUT2D eigenvalue weighted by Crippen LogP contribution is -2.42. The third-order valence-electron chi connectivity index (χ3n) is 3.19. The van der Waals surface area contributed by atoms with E-state index in [-0.39, 0.29) is 17.7 Å². The first-order chi connectivity index (χ1) is 8.01. The maximum atomic E-state index is 12.1. The van der Waals surface area contributed by atoms with E-state index in [1.165, 1.54) is 0 Å². The first kappa shape index (κ1) is 14.4. The van der Waals surface area contributed by atoms with Gasteiger partial charge in [-0.15, -0.1) is 0 Å². The molecule has 17 heavy (non-hydrogen) atoms. The zero-order valence-electron chi connectivity index (χ0n) is 10.5. The van der Waals surface area contributed by atoms with E-state index in [4.69, 9.17) is 0 Å². The minimum absolute atomic E-state index is 0.000949. The highest BCUT2D eigenvalue weighted by Gasteiger charge is 2.37. The average molecular weight is 262 g/mol. The standard InChI is InChI=1S/C11H22N2O3S/c1-3-7-13-11(14)8-17(15,16)10-6-4-5-9(10)12-2/h9-10,12H,3-8H2,1-2H3,(H,13,14). The number of nitrogens with one attached hydrogen (secondary N) is 2. The third-order valence-corrected chi connectivity index (χ3v) is 5.34. The van der Waals surface area contributed by atoms with Crippen molar-refractivity contribution < 1.29 is 13.2 Å². The molecule has 0 radical (unpaired) electrons. The van der Waals surface area contributed by atoms with Crippen LogP contribution in [0.2, 0.25) is 0 Å². The quantitative estimate of drug-likeness (QED) is 0.710. The summed E-state index contributed by atoms with van der Waals surface area (Å²) in [6, 6.07) is -0.000949. The average Bonchev–Trinajstić information content (AvgIpc) is 2.74. The molecular weight excluding hydrogens is 240 g/mol. The fourth-order valence-electron chi connectivity index (χ4n) is 2.29. The van der Waals surface area contributed by atoms with Crippen LogP contribution < -0.4 is 10.6 Å². The zero-order valence-corrected chi connectivity index (χ0v) is 11.3. The molecule has 0 aromatic rings. The van der Waals surface area contributed by atoms with Crippen LogP contribution in [0.25, 0.3) is 0 Å². The van der Waals surface area contributed by atoms with Crippen LogP contribution in [-0.4, -0.2) is 45.0 Å². The Kier molecular flexibility index (Phi) is 5.39. The number of sulfone groups is 1. The second-order valence-electron chi connectivity index (χ2n) is 4.52. The van der Waals surface area contributed by atoms with Gasteiger partial charge in [-0.3, -0.25) is 4.79 Å². The molecule has 100 valence electrons. The van der Waals surface area contributed by atoms with Crippen LogP contribution in [-0.2, 0) is 14.6 Å². The molecule has 0 bridgehead atoms. The Labute approximate surface area is 103 Å². The molecule has 0 aliphatic heterocycles. The first-order valence-corrected chi connectivity index (χ1v) is 7.88. The Morgan fingerprint density at radius 3 is 2.65 bits per heavy atom. The summed E-state index contributed by atoms with van der Waals surface area (Å²) < 4.78 is 24.1. The van der Waals surface area contributed by atoms with Gasteiger partial charge >= 0.3 is 0 Å². The number of carbonyl (C=O) groups is 1. The van der Waals surface area contributed by atoms with Gasteiger partial charge in [0, 0.05) is 12.6 Å². The van der Waals surface area contributed by atoms with Crippen LogP contribution in [0.1, 0.15) is 32.6 Å². The van der Waals surface area contributed by atoms with E-state index in [1.54, 1.807) is 7.05 Å². The van der Waals surface area contributed by atoms with Gasteiger partial charge in [0.2, 0.25) is 5.91 Å². The molecule has 1 rings (SSSR count). The third kappa shape index (κ3) is 3.96. The SMILES string of the molecule is CCCNC(=O)CS(=O)(=O)C1CCCC1NC. The maximum Gasteiger partial charge on any atom is 0.235 e. The van der Waals surface area contributed by atoms with Crippen LogP contribution in [0.3, 0.4) is 0 Å². The van der Waals surface area contributed by atoms with Gasteiger partial charge in [0.05, 0.1) is 5.25 Å². The van der Waals surface area contributed by atoms with E-state index in [0.717, 1.165) is 19.3 Å². The van der Waals surface area contributed by atoms with Gasteiger partial charge in [0.15, 0.2) is 9.84 Å². The normalized spacial score (nSPS) is 24.8. The lowest BCUT2D eigenvalue weighted by molar-refractivity contribution is -0.118. The van der Waals surface area contributed by atoms with Crippen LogP contribution in [0, 0.1) is 0 Å². The topological polar surface area (TPSA) is 75.3 Å². The van der Waals surface area contributed by atoms with E-state index in [2.05, 4.69) is 10.6 Å². The summed E-state index contributed by atoms with van der Waals surface area (Å²) in [6.45, 7) is 2.47. The van der Waals surface area contributed by atoms with Crippen LogP contribution in [0.5, 0.6) is 0 Å². The number of rotatable bonds is 6. The number of carbonyl (C=O) groups excluding carboxylic acids is 1. The Hall–Kier alpha value is -0.620. The summed E-state index contributed by atoms with van der Waals surface area (Å²) in [5.74, 6) is -0.760.